The lowest BCUT2D eigenvalue weighted by molar-refractivity contribution is -0.121. The number of pyridine rings is 1. The standard InChI is InChI=1S/C29H42N4O2/c1-4-35-26-13-10-24(11-14-26)27-15-12-25(31-28(27)21-33-18-16-32(3)17-19-33)20-29(34)30-22(2)23-8-6-5-7-9-23/h10-15,22-23H,4-9,16-21H2,1-3H3,(H,30,34)/t22-/m1/s1. The van der Waals surface area contributed by atoms with Crippen molar-refractivity contribution in [3.63, 3.8) is 0 Å². The van der Waals surface area contributed by atoms with Crippen LogP contribution in [-0.4, -0.2) is 66.6 Å². The Morgan fingerprint density at radius 3 is 2.46 bits per heavy atom. The molecule has 1 saturated carbocycles. The van der Waals surface area contributed by atoms with Gasteiger partial charge in [-0.05, 0) is 63.4 Å². The van der Waals surface area contributed by atoms with Crippen LogP contribution in [0.2, 0.25) is 0 Å². The molecule has 6 nitrogen and oxygen atoms in total. The maximum Gasteiger partial charge on any atom is 0.226 e. The van der Waals surface area contributed by atoms with Gasteiger partial charge in [0.1, 0.15) is 5.75 Å². The number of aromatic nitrogens is 1. The number of carbonyl (C=O) groups is 1. The molecule has 2 aliphatic rings. The highest BCUT2D eigenvalue weighted by Gasteiger charge is 2.22. The van der Waals surface area contributed by atoms with Crippen molar-refractivity contribution in [3.8, 4) is 16.9 Å². The molecular formula is C29H42N4O2. The summed E-state index contributed by atoms with van der Waals surface area (Å²) >= 11 is 0. The minimum Gasteiger partial charge on any atom is -0.494 e. The number of ether oxygens (including phenoxy) is 1. The Hall–Kier alpha value is -2.44. The Morgan fingerprint density at radius 2 is 1.77 bits per heavy atom. The first-order valence-corrected chi connectivity index (χ1v) is 13.4. The Labute approximate surface area is 211 Å². The highest BCUT2D eigenvalue weighted by Crippen LogP contribution is 2.28. The van der Waals surface area contributed by atoms with E-state index in [-0.39, 0.29) is 11.9 Å². The number of likely N-dealkylation sites (N-methyl/N-ethyl adjacent to an activating group) is 1. The molecule has 6 heteroatoms. The molecule has 0 unspecified atom stereocenters. The lowest BCUT2D eigenvalue weighted by atomic mass is 9.84. The van der Waals surface area contributed by atoms with Crippen molar-refractivity contribution >= 4 is 5.91 Å². The van der Waals surface area contributed by atoms with Gasteiger partial charge in [-0.1, -0.05) is 37.5 Å². The molecule has 1 aliphatic carbocycles. The molecule has 35 heavy (non-hydrogen) atoms. The SMILES string of the molecule is CCOc1ccc(-c2ccc(CC(=O)N[C@H](C)C3CCCCC3)nc2CN2CCN(C)CC2)cc1. The van der Waals surface area contributed by atoms with Crippen LogP contribution in [0.5, 0.6) is 5.75 Å². The van der Waals surface area contributed by atoms with E-state index in [0.717, 1.165) is 61.0 Å². The summed E-state index contributed by atoms with van der Waals surface area (Å²) in [6, 6.07) is 12.6. The third-order valence-corrected chi connectivity index (χ3v) is 7.56. The molecule has 2 aromatic rings. The van der Waals surface area contributed by atoms with E-state index in [0.29, 0.717) is 18.9 Å². The number of piperazine rings is 1. The normalized spacial score (nSPS) is 18.8. The highest BCUT2D eigenvalue weighted by atomic mass is 16.5. The maximum atomic E-state index is 12.9. The Balaban J connectivity index is 1.49. The summed E-state index contributed by atoms with van der Waals surface area (Å²) < 4.78 is 5.62. The zero-order valence-electron chi connectivity index (χ0n) is 21.8. The fourth-order valence-electron chi connectivity index (χ4n) is 5.37. The van der Waals surface area contributed by atoms with Gasteiger partial charge in [0, 0.05) is 44.3 Å². The van der Waals surface area contributed by atoms with Gasteiger partial charge in [0.2, 0.25) is 5.91 Å². The van der Waals surface area contributed by atoms with E-state index in [4.69, 9.17) is 9.72 Å². The summed E-state index contributed by atoms with van der Waals surface area (Å²) in [5.41, 5.74) is 4.15. The molecule has 1 amide bonds. The first kappa shape index (κ1) is 25.6. The molecule has 1 saturated heterocycles. The van der Waals surface area contributed by atoms with Crippen molar-refractivity contribution in [1.29, 1.82) is 0 Å². The van der Waals surface area contributed by atoms with Gasteiger partial charge in [0.05, 0.1) is 24.4 Å². The van der Waals surface area contributed by atoms with Crippen molar-refractivity contribution in [3.05, 3.63) is 47.8 Å². The van der Waals surface area contributed by atoms with Gasteiger partial charge in [-0.3, -0.25) is 14.7 Å². The first-order chi connectivity index (χ1) is 17.0. The first-order valence-electron chi connectivity index (χ1n) is 13.4. The van der Waals surface area contributed by atoms with Crippen molar-refractivity contribution in [2.24, 2.45) is 5.92 Å². The predicted molar refractivity (Wildman–Crippen MR) is 141 cm³/mol. The molecule has 0 radical (unpaired) electrons. The second-order valence-electron chi connectivity index (χ2n) is 10.3. The molecule has 0 bridgehead atoms. The van der Waals surface area contributed by atoms with Crippen LogP contribution in [0.4, 0.5) is 0 Å². The number of hydrogen-bond acceptors (Lipinski definition) is 5. The van der Waals surface area contributed by atoms with E-state index in [1.54, 1.807) is 0 Å². The van der Waals surface area contributed by atoms with Gasteiger partial charge in [-0.25, -0.2) is 0 Å². The lowest BCUT2D eigenvalue weighted by Crippen LogP contribution is -2.44. The number of hydrogen-bond donors (Lipinski definition) is 1. The minimum absolute atomic E-state index is 0.0786. The zero-order chi connectivity index (χ0) is 24.6. The summed E-state index contributed by atoms with van der Waals surface area (Å²) in [5.74, 6) is 1.57. The van der Waals surface area contributed by atoms with Crippen molar-refractivity contribution in [1.82, 2.24) is 20.1 Å². The van der Waals surface area contributed by atoms with Gasteiger partial charge in [-0.15, -0.1) is 0 Å². The molecule has 2 fully saturated rings. The number of carbonyl (C=O) groups excluding carboxylic acids is 1. The average Bonchev–Trinajstić information content (AvgIpc) is 2.87. The summed E-state index contributed by atoms with van der Waals surface area (Å²) in [7, 11) is 2.18. The third-order valence-electron chi connectivity index (χ3n) is 7.56. The summed E-state index contributed by atoms with van der Waals surface area (Å²) in [6.07, 6.45) is 6.69. The van der Waals surface area contributed by atoms with Gasteiger partial charge < -0.3 is 15.0 Å². The predicted octanol–water partition coefficient (Wildman–Crippen LogP) is 4.52. The Morgan fingerprint density at radius 1 is 1.06 bits per heavy atom. The summed E-state index contributed by atoms with van der Waals surface area (Å²) in [6.45, 7) is 9.82. The van der Waals surface area contributed by atoms with Gasteiger partial charge >= 0.3 is 0 Å². The molecule has 4 rings (SSSR count). The number of nitrogens with zero attached hydrogens (tertiary/aromatic N) is 3. The van der Waals surface area contributed by atoms with Gasteiger partial charge in [0.25, 0.3) is 0 Å². The van der Waals surface area contributed by atoms with Crippen molar-refractivity contribution < 1.29 is 9.53 Å². The molecular weight excluding hydrogens is 436 g/mol. The number of rotatable bonds is 9. The summed E-state index contributed by atoms with van der Waals surface area (Å²) in [5, 5.41) is 3.26. The van der Waals surface area contributed by atoms with E-state index in [9.17, 15) is 4.79 Å². The van der Waals surface area contributed by atoms with Crippen LogP contribution in [0.15, 0.2) is 36.4 Å². The minimum atomic E-state index is 0.0786. The van der Waals surface area contributed by atoms with E-state index in [2.05, 4.69) is 47.3 Å². The fourth-order valence-corrected chi connectivity index (χ4v) is 5.37. The number of nitrogens with one attached hydrogen (secondary N) is 1. The second kappa shape index (κ2) is 12.5. The van der Waals surface area contributed by atoms with Crippen LogP contribution in [0.1, 0.15) is 57.3 Å². The van der Waals surface area contributed by atoms with Crippen LogP contribution >= 0.6 is 0 Å². The van der Waals surface area contributed by atoms with E-state index < -0.39 is 0 Å². The molecule has 1 atom stereocenters. The van der Waals surface area contributed by atoms with E-state index in [1.165, 1.54) is 32.1 Å². The molecule has 1 aliphatic heterocycles. The fraction of sp³-hybridized carbons (Fsp3) is 0.586. The lowest BCUT2D eigenvalue weighted by Gasteiger charge is -2.32. The average molecular weight is 479 g/mol. The second-order valence-corrected chi connectivity index (χ2v) is 10.3. The molecule has 0 spiro atoms. The van der Waals surface area contributed by atoms with Crippen molar-refractivity contribution in [2.45, 2.75) is 65.0 Å². The van der Waals surface area contributed by atoms with Crippen LogP contribution < -0.4 is 10.1 Å². The van der Waals surface area contributed by atoms with Crippen molar-refractivity contribution in [2.75, 3.05) is 39.8 Å². The molecule has 190 valence electrons. The van der Waals surface area contributed by atoms with E-state index in [1.807, 2.05) is 25.1 Å². The smallest absolute Gasteiger partial charge is 0.226 e. The third kappa shape index (κ3) is 7.28. The van der Waals surface area contributed by atoms with Crippen LogP contribution in [0.3, 0.4) is 0 Å². The van der Waals surface area contributed by atoms with E-state index >= 15 is 0 Å². The maximum absolute atomic E-state index is 12.9. The van der Waals surface area contributed by atoms with Gasteiger partial charge in [-0.2, -0.15) is 0 Å². The highest BCUT2D eigenvalue weighted by molar-refractivity contribution is 5.78. The van der Waals surface area contributed by atoms with Crippen LogP contribution in [-0.2, 0) is 17.8 Å². The number of benzene rings is 1. The molecule has 1 aromatic carbocycles. The quantitative estimate of drug-likeness (QED) is 0.574. The Bertz CT molecular complexity index is 948. The molecule has 1 N–H and O–H groups in total. The largest absolute Gasteiger partial charge is 0.494 e. The topological polar surface area (TPSA) is 57.7 Å². The summed E-state index contributed by atoms with van der Waals surface area (Å²) in [4.78, 5) is 22.7. The Kier molecular flexibility index (Phi) is 9.16. The zero-order valence-corrected chi connectivity index (χ0v) is 21.8. The monoisotopic (exact) mass is 478 g/mol. The number of amides is 1. The molecule has 1 aromatic heterocycles. The van der Waals surface area contributed by atoms with Crippen LogP contribution in [0.25, 0.3) is 11.1 Å². The van der Waals surface area contributed by atoms with Crippen LogP contribution in [0, 0.1) is 5.92 Å². The molecule has 2 heterocycles. The van der Waals surface area contributed by atoms with Gasteiger partial charge in [0.15, 0.2) is 0 Å².